The van der Waals surface area contributed by atoms with E-state index in [4.69, 9.17) is 4.42 Å². The van der Waals surface area contributed by atoms with Crippen LogP contribution in [0, 0.1) is 6.92 Å². The lowest BCUT2D eigenvalue weighted by molar-refractivity contribution is 0.0589. The molecule has 1 aromatic carbocycles. The fraction of sp³-hybridized carbons (Fsp3) is 0.571. The Kier molecular flexibility index (Phi) is 4.80. The van der Waals surface area contributed by atoms with Crippen LogP contribution in [0.1, 0.15) is 54.6 Å². The summed E-state index contributed by atoms with van der Waals surface area (Å²) in [6, 6.07) is 8.28. The summed E-state index contributed by atoms with van der Waals surface area (Å²) >= 11 is 0. The monoisotopic (exact) mass is 340 g/mol. The largest absolute Gasteiger partial charge is 0.461 e. The molecule has 3 heterocycles. The van der Waals surface area contributed by atoms with Crippen LogP contribution in [0.5, 0.6) is 0 Å². The average molecular weight is 340 g/mol. The molecule has 4 rings (SSSR count). The third-order valence-corrected chi connectivity index (χ3v) is 5.76. The van der Waals surface area contributed by atoms with Crippen molar-refractivity contribution in [3.63, 3.8) is 0 Å². The Morgan fingerprint density at radius 1 is 1.16 bits per heavy atom. The van der Waals surface area contributed by atoms with E-state index in [1.54, 1.807) is 0 Å². The van der Waals surface area contributed by atoms with E-state index in [0.29, 0.717) is 6.04 Å². The molecule has 0 aliphatic carbocycles. The number of hydrogen-bond donors (Lipinski definition) is 0. The molecule has 2 aromatic rings. The van der Waals surface area contributed by atoms with E-state index in [0.717, 1.165) is 54.6 Å². The highest BCUT2D eigenvalue weighted by molar-refractivity contribution is 6.05. The van der Waals surface area contributed by atoms with Gasteiger partial charge in [-0.15, -0.1) is 0 Å². The van der Waals surface area contributed by atoms with Gasteiger partial charge in [0.25, 0.3) is 5.91 Å². The standard InChI is InChI=1S/C21H28N2O2/c1-16-15-17-7-6-9-19(20(17)25-16)21(24)23-13-3-2-8-18(23)10-14-22-11-4-5-12-22/h6-7,9,15,18H,2-5,8,10-14H2,1H3/t18-/m1/s1. The van der Waals surface area contributed by atoms with Gasteiger partial charge in [0.05, 0.1) is 5.56 Å². The van der Waals surface area contributed by atoms with Gasteiger partial charge in [0.2, 0.25) is 0 Å². The minimum absolute atomic E-state index is 0.145. The number of amides is 1. The van der Waals surface area contributed by atoms with E-state index in [2.05, 4.69) is 9.80 Å². The first-order chi connectivity index (χ1) is 12.2. The summed E-state index contributed by atoms with van der Waals surface area (Å²) in [5.74, 6) is 1.01. The number of aryl methyl sites for hydroxylation is 1. The number of hydrogen-bond acceptors (Lipinski definition) is 3. The summed E-state index contributed by atoms with van der Waals surface area (Å²) in [7, 11) is 0. The second kappa shape index (κ2) is 7.20. The zero-order valence-electron chi connectivity index (χ0n) is 15.2. The van der Waals surface area contributed by atoms with Gasteiger partial charge in [-0.25, -0.2) is 0 Å². The minimum Gasteiger partial charge on any atom is -0.461 e. The number of carbonyl (C=O) groups excluding carboxylic acids is 1. The van der Waals surface area contributed by atoms with Gasteiger partial charge in [-0.1, -0.05) is 12.1 Å². The van der Waals surface area contributed by atoms with Crippen molar-refractivity contribution in [1.29, 1.82) is 0 Å². The third kappa shape index (κ3) is 3.45. The van der Waals surface area contributed by atoms with E-state index in [1.165, 1.54) is 32.4 Å². The number of nitrogens with zero attached hydrogens (tertiary/aromatic N) is 2. The first-order valence-corrected chi connectivity index (χ1v) is 9.75. The highest BCUT2D eigenvalue weighted by Gasteiger charge is 2.29. The Balaban J connectivity index is 1.53. The highest BCUT2D eigenvalue weighted by Crippen LogP contribution is 2.28. The van der Waals surface area contributed by atoms with Crippen LogP contribution in [0.2, 0.25) is 0 Å². The molecular formula is C21H28N2O2. The molecule has 2 saturated heterocycles. The van der Waals surface area contributed by atoms with Crippen LogP contribution in [0.3, 0.4) is 0 Å². The molecule has 0 radical (unpaired) electrons. The smallest absolute Gasteiger partial charge is 0.257 e. The number of fused-ring (bicyclic) bond motifs is 1. The molecular weight excluding hydrogens is 312 g/mol. The maximum Gasteiger partial charge on any atom is 0.257 e. The van der Waals surface area contributed by atoms with Gasteiger partial charge in [0, 0.05) is 24.5 Å². The highest BCUT2D eigenvalue weighted by atomic mass is 16.3. The average Bonchev–Trinajstić information content (AvgIpc) is 3.27. The lowest BCUT2D eigenvalue weighted by Crippen LogP contribution is -2.45. The third-order valence-electron chi connectivity index (χ3n) is 5.76. The number of furan rings is 1. The fourth-order valence-electron chi connectivity index (χ4n) is 4.42. The Labute approximate surface area is 149 Å². The molecule has 2 aliphatic rings. The summed E-state index contributed by atoms with van der Waals surface area (Å²) < 4.78 is 5.83. The molecule has 4 heteroatoms. The van der Waals surface area contributed by atoms with Crippen LogP contribution in [-0.2, 0) is 0 Å². The zero-order chi connectivity index (χ0) is 17.2. The number of carbonyl (C=O) groups is 1. The molecule has 1 atom stereocenters. The number of rotatable bonds is 4. The Morgan fingerprint density at radius 2 is 1.96 bits per heavy atom. The van der Waals surface area contributed by atoms with Crippen LogP contribution in [0.15, 0.2) is 28.7 Å². The quantitative estimate of drug-likeness (QED) is 0.836. The molecule has 0 spiro atoms. The van der Waals surface area contributed by atoms with Gasteiger partial charge < -0.3 is 14.2 Å². The summed E-state index contributed by atoms with van der Waals surface area (Å²) in [5, 5.41) is 1.02. The molecule has 2 fully saturated rings. The second-order valence-corrected chi connectivity index (χ2v) is 7.57. The number of para-hydroxylation sites is 1. The lowest BCUT2D eigenvalue weighted by atomic mass is 9.97. The molecule has 0 saturated carbocycles. The molecule has 1 amide bonds. The molecule has 1 aromatic heterocycles. The number of piperidine rings is 1. The minimum atomic E-state index is 0.145. The first kappa shape index (κ1) is 16.6. The Bertz CT molecular complexity index is 745. The van der Waals surface area contributed by atoms with Crippen LogP contribution in [0.25, 0.3) is 11.0 Å². The van der Waals surface area contributed by atoms with E-state index in [9.17, 15) is 4.79 Å². The maximum absolute atomic E-state index is 13.3. The molecule has 2 aliphatic heterocycles. The maximum atomic E-state index is 13.3. The predicted molar refractivity (Wildman–Crippen MR) is 99.9 cm³/mol. The molecule has 25 heavy (non-hydrogen) atoms. The Hall–Kier alpha value is -1.81. The van der Waals surface area contributed by atoms with Crippen molar-refractivity contribution >= 4 is 16.9 Å². The lowest BCUT2D eigenvalue weighted by Gasteiger charge is -2.36. The van der Waals surface area contributed by atoms with Crippen LogP contribution >= 0.6 is 0 Å². The molecule has 4 nitrogen and oxygen atoms in total. The first-order valence-electron chi connectivity index (χ1n) is 9.75. The van der Waals surface area contributed by atoms with Crippen molar-refractivity contribution in [2.24, 2.45) is 0 Å². The molecule has 134 valence electrons. The number of likely N-dealkylation sites (tertiary alicyclic amines) is 2. The zero-order valence-corrected chi connectivity index (χ0v) is 15.2. The van der Waals surface area contributed by atoms with Crippen molar-refractivity contribution in [2.75, 3.05) is 26.2 Å². The van der Waals surface area contributed by atoms with Crippen molar-refractivity contribution < 1.29 is 9.21 Å². The second-order valence-electron chi connectivity index (χ2n) is 7.57. The molecule has 0 unspecified atom stereocenters. The van der Waals surface area contributed by atoms with Crippen LogP contribution in [0.4, 0.5) is 0 Å². The normalized spacial score (nSPS) is 22.0. The van der Waals surface area contributed by atoms with Crippen molar-refractivity contribution in [1.82, 2.24) is 9.80 Å². The fourth-order valence-corrected chi connectivity index (χ4v) is 4.42. The SMILES string of the molecule is Cc1cc2cccc(C(=O)N3CCCC[C@@H]3CCN3CCCC3)c2o1. The number of benzene rings is 1. The van der Waals surface area contributed by atoms with Gasteiger partial charge in [-0.05, 0) is 70.7 Å². The van der Waals surface area contributed by atoms with Crippen LogP contribution in [-0.4, -0.2) is 47.9 Å². The van der Waals surface area contributed by atoms with E-state index in [-0.39, 0.29) is 5.91 Å². The van der Waals surface area contributed by atoms with Crippen LogP contribution < -0.4 is 0 Å². The topological polar surface area (TPSA) is 36.7 Å². The summed E-state index contributed by atoms with van der Waals surface area (Å²) in [4.78, 5) is 17.9. The van der Waals surface area contributed by atoms with Gasteiger partial charge in [0.1, 0.15) is 11.3 Å². The summed E-state index contributed by atoms with van der Waals surface area (Å²) in [6.07, 6.45) is 7.23. The van der Waals surface area contributed by atoms with Gasteiger partial charge >= 0.3 is 0 Å². The van der Waals surface area contributed by atoms with E-state index < -0.39 is 0 Å². The molecule has 0 bridgehead atoms. The van der Waals surface area contributed by atoms with E-state index in [1.807, 2.05) is 31.2 Å². The summed E-state index contributed by atoms with van der Waals surface area (Å²) in [5.41, 5.74) is 1.47. The van der Waals surface area contributed by atoms with Crippen molar-refractivity contribution in [2.45, 2.75) is 51.5 Å². The van der Waals surface area contributed by atoms with Gasteiger partial charge in [0.15, 0.2) is 0 Å². The van der Waals surface area contributed by atoms with Crippen molar-refractivity contribution in [3.8, 4) is 0 Å². The molecule has 0 N–H and O–H groups in total. The van der Waals surface area contributed by atoms with Crippen molar-refractivity contribution in [3.05, 3.63) is 35.6 Å². The van der Waals surface area contributed by atoms with E-state index >= 15 is 0 Å². The predicted octanol–water partition coefficient (Wildman–Crippen LogP) is 4.22. The summed E-state index contributed by atoms with van der Waals surface area (Å²) in [6.45, 7) is 6.39. The van der Waals surface area contributed by atoms with Gasteiger partial charge in [-0.2, -0.15) is 0 Å². The van der Waals surface area contributed by atoms with Gasteiger partial charge in [-0.3, -0.25) is 4.79 Å². The Morgan fingerprint density at radius 3 is 2.80 bits per heavy atom.